The van der Waals surface area contributed by atoms with Crippen molar-refractivity contribution in [3.63, 3.8) is 0 Å². The Kier molecular flexibility index (Phi) is 7.13. The van der Waals surface area contributed by atoms with Crippen LogP contribution in [0.3, 0.4) is 0 Å². The maximum Gasteiger partial charge on any atom is 0.248 e. The molecule has 33 heavy (non-hydrogen) atoms. The zero-order valence-electron chi connectivity index (χ0n) is 17.5. The summed E-state index contributed by atoms with van der Waals surface area (Å²) in [5, 5.41) is 7.18. The Labute approximate surface area is 204 Å². The number of aromatic nitrogens is 1. The number of fused-ring (bicyclic) bond motifs is 1. The number of furan rings is 1. The first-order valence-corrected chi connectivity index (χ1v) is 11.7. The van der Waals surface area contributed by atoms with Crippen molar-refractivity contribution in [3.05, 3.63) is 70.4 Å². The van der Waals surface area contributed by atoms with Gasteiger partial charge < -0.3 is 15.1 Å². The fourth-order valence-corrected chi connectivity index (χ4v) is 4.51. The molecule has 2 N–H and O–H groups in total. The molecular weight excluding hydrogens is 481 g/mol. The highest BCUT2D eigenvalue weighted by Crippen LogP contribution is 2.32. The van der Waals surface area contributed by atoms with Crippen LogP contribution in [0.25, 0.3) is 27.6 Å². The second kappa shape index (κ2) is 10.2. The molecule has 0 saturated carbocycles. The van der Waals surface area contributed by atoms with Gasteiger partial charge in [-0.25, -0.2) is 4.98 Å². The van der Waals surface area contributed by atoms with Crippen molar-refractivity contribution < 1.29 is 14.0 Å². The molecule has 0 aliphatic carbocycles. The quantitative estimate of drug-likeness (QED) is 0.262. The molecule has 9 heteroatoms. The van der Waals surface area contributed by atoms with Crippen LogP contribution in [0.2, 0.25) is 10.0 Å². The first kappa shape index (κ1) is 23.0. The Bertz CT molecular complexity index is 1360. The van der Waals surface area contributed by atoms with E-state index in [2.05, 4.69) is 15.6 Å². The highest BCUT2D eigenvalue weighted by Gasteiger charge is 2.10. The molecule has 4 aromatic rings. The molecule has 2 aromatic heterocycles. The molecule has 0 aliphatic rings. The number of hydrogen-bond donors (Lipinski definition) is 2. The Morgan fingerprint density at radius 3 is 2.73 bits per heavy atom. The zero-order valence-corrected chi connectivity index (χ0v) is 19.9. The van der Waals surface area contributed by atoms with E-state index in [-0.39, 0.29) is 11.8 Å². The molecule has 0 spiro atoms. The summed E-state index contributed by atoms with van der Waals surface area (Å²) in [5.74, 6) is 0.721. The van der Waals surface area contributed by atoms with Gasteiger partial charge in [-0.05, 0) is 61.0 Å². The molecule has 0 saturated heterocycles. The van der Waals surface area contributed by atoms with Gasteiger partial charge in [0.05, 0.1) is 15.2 Å². The molecule has 168 valence electrons. The third-order valence-corrected chi connectivity index (χ3v) is 6.08. The van der Waals surface area contributed by atoms with Gasteiger partial charge in [0, 0.05) is 28.8 Å². The third kappa shape index (κ3) is 5.82. The lowest BCUT2D eigenvalue weighted by Gasteiger charge is -2.01. The number of carbonyl (C=O) groups is 2. The minimum absolute atomic E-state index is 0.0605. The molecule has 0 atom stereocenters. The van der Waals surface area contributed by atoms with Crippen molar-refractivity contribution >= 4 is 73.5 Å². The van der Waals surface area contributed by atoms with Crippen molar-refractivity contribution in [3.8, 4) is 11.3 Å². The van der Waals surface area contributed by atoms with Crippen molar-refractivity contribution in [2.24, 2.45) is 0 Å². The zero-order chi connectivity index (χ0) is 23.4. The van der Waals surface area contributed by atoms with E-state index < -0.39 is 0 Å². The molecule has 2 heterocycles. The molecule has 0 fully saturated rings. The number of anilines is 2. The summed E-state index contributed by atoms with van der Waals surface area (Å²) < 4.78 is 6.63. The normalized spacial score (nSPS) is 11.2. The Morgan fingerprint density at radius 1 is 1.09 bits per heavy atom. The van der Waals surface area contributed by atoms with Gasteiger partial charge in [0.2, 0.25) is 11.8 Å². The van der Waals surface area contributed by atoms with Gasteiger partial charge in [0.1, 0.15) is 11.5 Å². The van der Waals surface area contributed by atoms with Crippen molar-refractivity contribution in [1.82, 2.24) is 4.98 Å². The van der Waals surface area contributed by atoms with E-state index in [4.69, 9.17) is 27.6 Å². The third-order valence-electron chi connectivity index (χ3n) is 4.60. The fourth-order valence-electron chi connectivity index (χ4n) is 3.08. The number of carbonyl (C=O) groups excluding carboxylic acids is 2. The van der Waals surface area contributed by atoms with Crippen molar-refractivity contribution in [2.75, 3.05) is 10.6 Å². The van der Waals surface area contributed by atoms with Gasteiger partial charge in [-0.3, -0.25) is 9.59 Å². The summed E-state index contributed by atoms with van der Waals surface area (Å²) in [7, 11) is 0. The topological polar surface area (TPSA) is 84.2 Å². The largest absolute Gasteiger partial charge is 0.457 e. The number of thiazole rings is 1. The van der Waals surface area contributed by atoms with Crippen LogP contribution >= 0.6 is 34.5 Å². The van der Waals surface area contributed by atoms with Gasteiger partial charge in [0.15, 0.2) is 5.13 Å². The van der Waals surface area contributed by atoms with Crippen LogP contribution in [0.1, 0.15) is 25.5 Å². The number of nitrogens with one attached hydrogen (secondary N) is 2. The number of halogens is 2. The first-order chi connectivity index (χ1) is 15.9. The fraction of sp³-hybridized carbons (Fsp3) is 0.125. The molecule has 0 aliphatic heterocycles. The summed E-state index contributed by atoms with van der Waals surface area (Å²) in [4.78, 5) is 28.5. The molecule has 0 unspecified atom stereocenters. The van der Waals surface area contributed by atoms with Crippen LogP contribution in [0.4, 0.5) is 10.8 Å². The summed E-state index contributed by atoms with van der Waals surface area (Å²) >= 11 is 13.5. The Hall–Kier alpha value is -3.13. The maximum absolute atomic E-state index is 12.4. The first-order valence-electron chi connectivity index (χ1n) is 10.2. The summed E-state index contributed by atoms with van der Waals surface area (Å²) in [5.41, 5.74) is 2.10. The minimum atomic E-state index is -0.308. The minimum Gasteiger partial charge on any atom is -0.457 e. The van der Waals surface area contributed by atoms with E-state index in [0.717, 1.165) is 16.6 Å². The second-order valence-electron chi connectivity index (χ2n) is 7.15. The van der Waals surface area contributed by atoms with E-state index in [9.17, 15) is 9.59 Å². The van der Waals surface area contributed by atoms with Crippen molar-refractivity contribution in [1.29, 1.82) is 0 Å². The van der Waals surface area contributed by atoms with Crippen molar-refractivity contribution in [2.45, 2.75) is 19.8 Å². The molecule has 0 bridgehead atoms. The molecule has 2 amide bonds. The van der Waals surface area contributed by atoms with Crippen LogP contribution in [-0.4, -0.2) is 16.8 Å². The van der Waals surface area contributed by atoms with Gasteiger partial charge in [0.25, 0.3) is 0 Å². The lowest BCUT2D eigenvalue weighted by atomic mass is 10.2. The maximum atomic E-state index is 12.4. The highest BCUT2D eigenvalue weighted by molar-refractivity contribution is 7.22. The molecular formula is C24H19Cl2N3O3S. The van der Waals surface area contributed by atoms with Crippen LogP contribution in [0.15, 0.2) is 59.0 Å². The number of nitrogens with zero attached hydrogens (tertiary/aromatic N) is 1. The summed E-state index contributed by atoms with van der Waals surface area (Å²) in [6.45, 7) is 1.95. The van der Waals surface area contributed by atoms with E-state index in [1.807, 2.05) is 13.0 Å². The second-order valence-corrected chi connectivity index (χ2v) is 9.02. The lowest BCUT2D eigenvalue weighted by Crippen LogP contribution is -2.09. The SMILES string of the molecule is CCCC(=O)Nc1nc2ccc(NC(=O)C=Cc3ccc(-c4ccc(Cl)cc4Cl)o3)cc2s1. The number of amides is 2. The highest BCUT2D eigenvalue weighted by atomic mass is 35.5. The predicted octanol–water partition coefficient (Wildman–Crippen LogP) is 7.25. The van der Waals surface area contributed by atoms with Gasteiger partial charge >= 0.3 is 0 Å². The van der Waals surface area contributed by atoms with Crippen LogP contribution in [0.5, 0.6) is 0 Å². The lowest BCUT2D eigenvalue weighted by molar-refractivity contribution is -0.116. The smallest absolute Gasteiger partial charge is 0.248 e. The summed E-state index contributed by atoms with van der Waals surface area (Å²) in [6, 6.07) is 14.1. The van der Waals surface area contributed by atoms with Crippen LogP contribution in [0, 0.1) is 0 Å². The van der Waals surface area contributed by atoms with E-state index in [1.54, 1.807) is 48.5 Å². The van der Waals surface area contributed by atoms with E-state index >= 15 is 0 Å². The monoisotopic (exact) mass is 499 g/mol. The standard InChI is InChI=1S/C24H19Cl2N3O3S/c1-2-3-22(30)29-24-28-19-9-5-15(13-21(19)33-24)27-23(31)11-7-16-6-10-20(32-16)17-8-4-14(25)12-18(17)26/h4-13H,2-3H2,1H3,(H,27,31)(H,28,29,30). The Balaban J connectivity index is 1.41. The molecule has 6 nitrogen and oxygen atoms in total. The van der Waals surface area contributed by atoms with Crippen LogP contribution < -0.4 is 10.6 Å². The van der Waals surface area contributed by atoms with Gasteiger partial charge in [-0.15, -0.1) is 0 Å². The number of benzene rings is 2. The van der Waals surface area contributed by atoms with Crippen LogP contribution in [-0.2, 0) is 9.59 Å². The molecule has 2 aromatic carbocycles. The Morgan fingerprint density at radius 2 is 1.94 bits per heavy atom. The average Bonchev–Trinajstić information content (AvgIpc) is 3.38. The van der Waals surface area contributed by atoms with Gasteiger partial charge in [-0.2, -0.15) is 0 Å². The average molecular weight is 500 g/mol. The molecule has 4 rings (SSSR count). The van der Waals surface area contributed by atoms with Gasteiger partial charge in [-0.1, -0.05) is 41.5 Å². The molecule has 0 radical (unpaired) electrons. The predicted molar refractivity (Wildman–Crippen MR) is 135 cm³/mol. The number of rotatable bonds is 7. The number of hydrogen-bond acceptors (Lipinski definition) is 5. The summed E-state index contributed by atoms with van der Waals surface area (Å²) in [6.07, 6.45) is 4.19. The van der Waals surface area contributed by atoms with E-state index in [0.29, 0.717) is 44.4 Å². The van der Waals surface area contributed by atoms with E-state index in [1.165, 1.54) is 17.4 Å².